The van der Waals surface area contributed by atoms with Crippen molar-refractivity contribution in [2.24, 2.45) is 0 Å². The minimum Gasteiger partial charge on any atom is -0.481 e. The smallest absolute Gasteiger partial charge is 0.341 e. The predicted molar refractivity (Wildman–Crippen MR) is 67.1 cm³/mol. The molecule has 3 nitrogen and oxygen atoms in total. The van der Waals surface area contributed by atoms with Gasteiger partial charge in [-0.2, -0.15) is 12.6 Å². The average molecular weight is 238 g/mol. The second-order valence-corrected chi connectivity index (χ2v) is 3.58. The fourth-order valence-corrected chi connectivity index (χ4v) is 1.32. The molecule has 0 aliphatic carbocycles. The van der Waals surface area contributed by atoms with Crippen LogP contribution < -0.4 is 4.74 Å². The molecular formula is C12H14O3S. The summed E-state index contributed by atoms with van der Waals surface area (Å²) in [5.74, 6) is 0.392. The molecule has 0 unspecified atom stereocenters. The number of para-hydroxylation sites is 1. The molecule has 0 aliphatic rings. The normalized spacial score (nSPS) is 10.6. The third-order valence-corrected chi connectivity index (χ3v) is 2.12. The lowest BCUT2D eigenvalue weighted by Gasteiger charge is -2.06. The van der Waals surface area contributed by atoms with E-state index in [0.717, 1.165) is 17.7 Å². The fourth-order valence-electron chi connectivity index (χ4n) is 1.17. The molecule has 1 aromatic carbocycles. The van der Waals surface area contributed by atoms with Crippen LogP contribution in [0.25, 0.3) is 6.08 Å². The Kier molecular flexibility index (Phi) is 5.50. The molecule has 1 aromatic rings. The lowest BCUT2D eigenvalue weighted by Crippen LogP contribution is -2.09. The van der Waals surface area contributed by atoms with Crippen molar-refractivity contribution in [1.82, 2.24) is 0 Å². The summed E-state index contributed by atoms with van der Waals surface area (Å²) in [5, 5.41) is 8.53. The number of rotatable bonds is 6. The van der Waals surface area contributed by atoms with Gasteiger partial charge >= 0.3 is 5.97 Å². The third-order valence-electron chi connectivity index (χ3n) is 1.86. The number of ether oxygens (including phenoxy) is 1. The van der Waals surface area contributed by atoms with Gasteiger partial charge < -0.3 is 9.84 Å². The summed E-state index contributed by atoms with van der Waals surface area (Å²) in [6, 6.07) is 7.33. The quantitative estimate of drug-likeness (QED) is 0.748. The SMILES string of the molecule is O=C(O)COc1ccccc1C=CCCS. The molecule has 0 fully saturated rings. The largest absolute Gasteiger partial charge is 0.481 e. The Bertz CT molecular complexity index is 374. The zero-order valence-corrected chi connectivity index (χ0v) is 9.69. The van der Waals surface area contributed by atoms with Crippen molar-refractivity contribution in [3.8, 4) is 5.75 Å². The Morgan fingerprint density at radius 3 is 2.88 bits per heavy atom. The Morgan fingerprint density at radius 1 is 1.44 bits per heavy atom. The van der Waals surface area contributed by atoms with Gasteiger partial charge in [-0.1, -0.05) is 30.4 Å². The molecule has 0 saturated heterocycles. The molecule has 16 heavy (non-hydrogen) atoms. The van der Waals surface area contributed by atoms with Crippen LogP contribution in [0.2, 0.25) is 0 Å². The minimum absolute atomic E-state index is 0.322. The van der Waals surface area contributed by atoms with E-state index in [2.05, 4.69) is 12.6 Å². The Balaban J connectivity index is 2.71. The summed E-state index contributed by atoms with van der Waals surface area (Å²) >= 11 is 4.10. The highest BCUT2D eigenvalue weighted by molar-refractivity contribution is 7.80. The fraction of sp³-hybridized carbons (Fsp3) is 0.250. The van der Waals surface area contributed by atoms with Gasteiger partial charge in [0.15, 0.2) is 6.61 Å². The molecule has 0 radical (unpaired) electrons. The van der Waals surface area contributed by atoms with Crippen molar-refractivity contribution in [2.45, 2.75) is 6.42 Å². The first-order valence-corrected chi connectivity index (χ1v) is 5.58. The van der Waals surface area contributed by atoms with Crippen LogP contribution in [0.4, 0.5) is 0 Å². The van der Waals surface area contributed by atoms with Crippen molar-refractivity contribution in [2.75, 3.05) is 12.4 Å². The number of benzene rings is 1. The Hall–Kier alpha value is -1.42. The van der Waals surface area contributed by atoms with Crippen LogP contribution in [-0.4, -0.2) is 23.4 Å². The predicted octanol–water partition coefficient (Wildman–Crippen LogP) is 2.48. The first-order chi connectivity index (χ1) is 7.74. The van der Waals surface area contributed by atoms with E-state index in [-0.39, 0.29) is 6.61 Å². The standard InChI is InChI=1S/C12H14O3S/c13-12(14)9-15-11-7-2-1-5-10(11)6-3-4-8-16/h1-3,5-7,16H,4,8-9H2,(H,13,14). The van der Waals surface area contributed by atoms with Crippen molar-refractivity contribution in [3.63, 3.8) is 0 Å². The number of carboxylic acid groups (broad SMARTS) is 1. The number of carbonyl (C=O) groups is 1. The van der Waals surface area contributed by atoms with E-state index in [1.54, 1.807) is 6.07 Å². The molecule has 4 heteroatoms. The highest BCUT2D eigenvalue weighted by Crippen LogP contribution is 2.19. The van der Waals surface area contributed by atoms with Crippen LogP contribution in [0.15, 0.2) is 30.3 Å². The van der Waals surface area contributed by atoms with Crippen LogP contribution in [0.5, 0.6) is 5.75 Å². The summed E-state index contributed by atoms with van der Waals surface area (Å²) in [6.07, 6.45) is 4.76. The van der Waals surface area contributed by atoms with E-state index in [0.29, 0.717) is 5.75 Å². The van der Waals surface area contributed by atoms with Gasteiger partial charge in [-0.3, -0.25) is 0 Å². The lowest BCUT2D eigenvalue weighted by atomic mass is 10.2. The summed E-state index contributed by atoms with van der Waals surface area (Å²) in [7, 11) is 0. The molecule has 0 aromatic heterocycles. The molecule has 0 bridgehead atoms. The number of carboxylic acids is 1. The van der Waals surface area contributed by atoms with Gasteiger partial charge in [-0.05, 0) is 18.2 Å². The number of thiol groups is 1. The van der Waals surface area contributed by atoms with Gasteiger partial charge in [-0.15, -0.1) is 0 Å². The number of allylic oxidation sites excluding steroid dienone is 1. The Labute approximate surface area is 100 Å². The zero-order chi connectivity index (χ0) is 11.8. The van der Waals surface area contributed by atoms with E-state index >= 15 is 0 Å². The molecule has 0 saturated carbocycles. The van der Waals surface area contributed by atoms with Gasteiger partial charge in [0.05, 0.1) is 0 Å². The van der Waals surface area contributed by atoms with E-state index in [1.807, 2.05) is 30.4 Å². The molecule has 0 amide bonds. The van der Waals surface area contributed by atoms with Crippen molar-refractivity contribution >= 4 is 24.7 Å². The Morgan fingerprint density at radius 2 is 2.19 bits per heavy atom. The molecule has 0 heterocycles. The maximum absolute atomic E-state index is 10.4. The van der Waals surface area contributed by atoms with Gasteiger partial charge in [0.2, 0.25) is 0 Å². The molecule has 0 spiro atoms. The average Bonchev–Trinajstić information content (AvgIpc) is 2.28. The number of hydrogen-bond donors (Lipinski definition) is 2. The van der Waals surface area contributed by atoms with Crippen molar-refractivity contribution in [1.29, 1.82) is 0 Å². The van der Waals surface area contributed by atoms with Gasteiger partial charge in [-0.25, -0.2) is 4.79 Å². The minimum atomic E-state index is -0.978. The molecular weight excluding hydrogens is 224 g/mol. The first kappa shape index (κ1) is 12.6. The van der Waals surface area contributed by atoms with Gasteiger partial charge in [0.25, 0.3) is 0 Å². The van der Waals surface area contributed by atoms with E-state index < -0.39 is 5.97 Å². The van der Waals surface area contributed by atoms with Crippen LogP contribution in [0.3, 0.4) is 0 Å². The second-order valence-electron chi connectivity index (χ2n) is 3.13. The number of hydrogen-bond acceptors (Lipinski definition) is 3. The molecule has 86 valence electrons. The summed E-state index contributed by atoms with van der Waals surface area (Å²) < 4.78 is 5.16. The molecule has 0 aliphatic heterocycles. The first-order valence-electron chi connectivity index (χ1n) is 4.95. The third kappa shape index (κ3) is 4.40. The molecule has 1 N–H and O–H groups in total. The summed E-state index contributed by atoms with van der Waals surface area (Å²) in [5.41, 5.74) is 0.880. The van der Waals surface area contributed by atoms with Crippen LogP contribution in [0, 0.1) is 0 Å². The monoisotopic (exact) mass is 238 g/mol. The van der Waals surface area contributed by atoms with Crippen LogP contribution >= 0.6 is 12.6 Å². The van der Waals surface area contributed by atoms with E-state index in [9.17, 15) is 4.79 Å². The highest BCUT2D eigenvalue weighted by atomic mass is 32.1. The van der Waals surface area contributed by atoms with E-state index in [4.69, 9.17) is 9.84 Å². The van der Waals surface area contributed by atoms with E-state index in [1.165, 1.54) is 0 Å². The van der Waals surface area contributed by atoms with Gasteiger partial charge in [0, 0.05) is 5.56 Å². The van der Waals surface area contributed by atoms with Crippen LogP contribution in [-0.2, 0) is 4.79 Å². The highest BCUT2D eigenvalue weighted by Gasteiger charge is 2.02. The molecule has 1 rings (SSSR count). The number of aliphatic carboxylic acids is 1. The maximum atomic E-state index is 10.4. The molecule has 0 atom stereocenters. The summed E-state index contributed by atoms with van der Waals surface area (Å²) in [4.78, 5) is 10.4. The van der Waals surface area contributed by atoms with Crippen molar-refractivity contribution < 1.29 is 14.6 Å². The van der Waals surface area contributed by atoms with Crippen molar-refractivity contribution in [3.05, 3.63) is 35.9 Å². The second kappa shape index (κ2) is 6.95. The zero-order valence-electron chi connectivity index (χ0n) is 8.80. The topological polar surface area (TPSA) is 46.5 Å². The van der Waals surface area contributed by atoms with Crippen LogP contribution in [0.1, 0.15) is 12.0 Å². The summed E-state index contributed by atoms with van der Waals surface area (Å²) in [6.45, 7) is -0.322. The maximum Gasteiger partial charge on any atom is 0.341 e. The lowest BCUT2D eigenvalue weighted by molar-refractivity contribution is -0.139. The van der Waals surface area contributed by atoms with Gasteiger partial charge in [0.1, 0.15) is 5.75 Å².